The van der Waals surface area contributed by atoms with Crippen molar-refractivity contribution in [1.82, 2.24) is 14.8 Å². The van der Waals surface area contributed by atoms with E-state index in [4.69, 9.17) is 0 Å². The van der Waals surface area contributed by atoms with Gasteiger partial charge in [0, 0.05) is 0 Å². The van der Waals surface area contributed by atoms with E-state index in [-0.39, 0.29) is 23.2 Å². The molecule has 0 saturated carbocycles. The number of benzene rings is 2. The molecule has 0 amide bonds. The lowest BCUT2D eigenvalue weighted by atomic mass is 10.1. The van der Waals surface area contributed by atoms with Crippen LogP contribution in [0.4, 0.5) is 10.3 Å². The first kappa shape index (κ1) is 18.1. The van der Waals surface area contributed by atoms with Crippen LogP contribution in [0.25, 0.3) is 0 Å². The fourth-order valence-corrected chi connectivity index (χ4v) is 4.40. The highest BCUT2D eigenvalue weighted by Gasteiger charge is 2.21. The summed E-state index contributed by atoms with van der Waals surface area (Å²) in [5.41, 5.74) is 3.02. The number of hydrogen-bond donors (Lipinski definition) is 1. The lowest BCUT2D eigenvalue weighted by Gasteiger charge is -2.12. The van der Waals surface area contributed by atoms with Crippen molar-refractivity contribution >= 4 is 16.0 Å². The van der Waals surface area contributed by atoms with E-state index >= 15 is 0 Å². The zero-order valence-corrected chi connectivity index (χ0v) is 15.5. The van der Waals surface area contributed by atoms with E-state index in [2.05, 4.69) is 14.8 Å². The number of nitrogens with one attached hydrogen (secondary N) is 1. The molecule has 0 aliphatic carbocycles. The lowest BCUT2D eigenvalue weighted by molar-refractivity contribution is 0.599. The molecule has 0 aliphatic rings. The van der Waals surface area contributed by atoms with Crippen molar-refractivity contribution in [3.63, 3.8) is 0 Å². The molecule has 1 N–H and O–H groups in total. The average Bonchev–Trinajstić information content (AvgIpc) is 2.91. The largest absolute Gasteiger partial charge is 0.264 e. The molecule has 0 unspecified atom stereocenters. The summed E-state index contributed by atoms with van der Waals surface area (Å²) in [6, 6.07) is 9.75. The van der Waals surface area contributed by atoms with Gasteiger partial charge < -0.3 is 0 Å². The number of hydrogen-bond acceptors (Lipinski definition) is 4. The zero-order chi connectivity index (χ0) is 18.9. The van der Waals surface area contributed by atoms with Crippen molar-refractivity contribution in [2.24, 2.45) is 0 Å². The molecule has 26 heavy (non-hydrogen) atoms. The van der Waals surface area contributed by atoms with E-state index in [0.717, 1.165) is 5.56 Å². The van der Waals surface area contributed by atoms with Crippen LogP contribution in [0.15, 0.2) is 47.6 Å². The molecule has 1 heterocycles. The quantitative estimate of drug-likeness (QED) is 0.744. The van der Waals surface area contributed by atoms with E-state index in [0.29, 0.717) is 16.7 Å². The summed E-state index contributed by atoms with van der Waals surface area (Å²) in [4.78, 5) is 4.22. The topological polar surface area (TPSA) is 76.9 Å². The molecule has 0 bridgehead atoms. The molecule has 6 nitrogen and oxygen atoms in total. The van der Waals surface area contributed by atoms with E-state index in [1.165, 1.54) is 23.1 Å². The Bertz CT molecular complexity index is 1040. The first-order valence-electron chi connectivity index (χ1n) is 7.99. The monoisotopic (exact) mass is 374 g/mol. The second-order valence-corrected chi connectivity index (χ2v) is 7.85. The van der Waals surface area contributed by atoms with Crippen LogP contribution in [0.5, 0.6) is 0 Å². The molecule has 136 valence electrons. The maximum absolute atomic E-state index is 13.3. The maximum atomic E-state index is 13.3. The van der Waals surface area contributed by atoms with Crippen molar-refractivity contribution in [1.29, 1.82) is 0 Å². The van der Waals surface area contributed by atoms with Gasteiger partial charge in [0.2, 0.25) is 0 Å². The predicted octanol–water partition coefficient (Wildman–Crippen LogP) is 3.19. The van der Waals surface area contributed by atoms with Gasteiger partial charge in [0.15, 0.2) is 0 Å². The van der Waals surface area contributed by atoms with Crippen LogP contribution >= 0.6 is 0 Å². The average molecular weight is 374 g/mol. The van der Waals surface area contributed by atoms with Crippen LogP contribution in [0.3, 0.4) is 0 Å². The maximum Gasteiger partial charge on any atom is 0.264 e. The number of aromatic nitrogens is 3. The van der Waals surface area contributed by atoms with Crippen LogP contribution in [-0.4, -0.2) is 23.2 Å². The van der Waals surface area contributed by atoms with E-state index in [9.17, 15) is 12.8 Å². The third-order valence-corrected chi connectivity index (χ3v) is 5.50. The molecule has 3 rings (SSSR count). The Kier molecular flexibility index (Phi) is 4.78. The second-order valence-electron chi connectivity index (χ2n) is 6.23. The first-order valence-corrected chi connectivity index (χ1v) is 9.47. The molecule has 0 saturated heterocycles. The molecule has 2 aromatic carbocycles. The molecule has 0 radical (unpaired) electrons. The Hall–Kier alpha value is -2.74. The molecular formula is C18H19FN4O2S. The van der Waals surface area contributed by atoms with Crippen LogP contribution in [0.1, 0.15) is 22.3 Å². The van der Waals surface area contributed by atoms with E-state index in [1.54, 1.807) is 26.0 Å². The smallest absolute Gasteiger partial charge is 0.246 e. The summed E-state index contributed by atoms with van der Waals surface area (Å²) in [6.45, 7) is 5.71. The summed E-state index contributed by atoms with van der Waals surface area (Å²) in [7, 11) is -3.81. The SMILES string of the molecule is Cc1cc(C)c(S(=O)(=O)Nc2ncn(Cc3cccc(F)c3)n2)c(C)c1. The molecule has 8 heteroatoms. The highest BCUT2D eigenvalue weighted by Crippen LogP contribution is 2.23. The van der Waals surface area contributed by atoms with Gasteiger partial charge in [-0.25, -0.2) is 22.2 Å². The van der Waals surface area contributed by atoms with Crippen molar-refractivity contribution in [3.8, 4) is 0 Å². The number of anilines is 1. The van der Waals surface area contributed by atoms with E-state index < -0.39 is 10.0 Å². The van der Waals surface area contributed by atoms with Crippen molar-refractivity contribution in [3.05, 3.63) is 70.8 Å². The highest BCUT2D eigenvalue weighted by atomic mass is 32.2. The first-order chi connectivity index (χ1) is 12.2. The zero-order valence-electron chi connectivity index (χ0n) is 14.7. The minimum Gasteiger partial charge on any atom is -0.246 e. The molecule has 0 aliphatic heterocycles. The Morgan fingerprint density at radius 2 is 1.81 bits per heavy atom. The van der Waals surface area contributed by atoms with Gasteiger partial charge in [-0.2, -0.15) is 4.98 Å². The van der Waals surface area contributed by atoms with Gasteiger partial charge in [-0.1, -0.05) is 29.8 Å². The van der Waals surface area contributed by atoms with Crippen LogP contribution in [0, 0.1) is 26.6 Å². The molecule has 1 aromatic heterocycles. The summed E-state index contributed by atoms with van der Waals surface area (Å²) < 4.78 is 42.5. The van der Waals surface area contributed by atoms with Gasteiger partial charge in [0.25, 0.3) is 16.0 Å². The minimum absolute atomic E-state index is 0.0271. The summed E-state index contributed by atoms with van der Waals surface area (Å²) in [5.74, 6) is -0.366. The number of sulfonamides is 1. The highest BCUT2D eigenvalue weighted by molar-refractivity contribution is 7.92. The third-order valence-electron chi connectivity index (χ3n) is 3.87. The minimum atomic E-state index is -3.81. The van der Waals surface area contributed by atoms with Crippen molar-refractivity contribution in [2.45, 2.75) is 32.2 Å². The van der Waals surface area contributed by atoms with Crippen molar-refractivity contribution in [2.75, 3.05) is 4.72 Å². The van der Waals surface area contributed by atoms with Gasteiger partial charge >= 0.3 is 0 Å². The number of rotatable bonds is 5. The molecule has 0 spiro atoms. The van der Waals surface area contributed by atoms with Crippen LogP contribution in [0.2, 0.25) is 0 Å². The number of nitrogens with zero attached hydrogens (tertiary/aromatic N) is 3. The van der Waals surface area contributed by atoms with Crippen molar-refractivity contribution < 1.29 is 12.8 Å². The molecule has 0 atom stereocenters. The fraction of sp³-hybridized carbons (Fsp3) is 0.222. The van der Waals surface area contributed by atoms with Gasteiger partial charge in [-0.15, -0.1) is 5.10 Å². The van der Waals surface area contributed by atoms with Gasteiger partial charge in [-0.3, -0.25) is 0 Å². The molecule has 0 fully saturated rings. The Morgan fingerprint density at radius 1 is 1.12 bits per heavy atom. The van der Waals surface area contributed by atoms with E-state index in [1.807, 2.05) is 19.1 Å². The van der Waals surface area contributed by atoms with Gasteiger partial charge in [0.1, 0.15) is 12.1 Å². The van der Waals surface area contributed by atoms with Gasteiger partial charge in [0.05, 0.1) is 11.4 Å². The fourth-order valence-electron chi connectivity index (χ4n) is 3.00. The molecule has 3 aromatic rings. The summed E-state index contributed by atoms with van der Waals surface area (Å²) >= 11 is 0. The standard InChI is InChI=1S/C18H19FN4O2S/c1-12-7-13(2)17(14(3)8-12)26(24,25)22-18-20-11-23(21-18)10-15-5-4-6-16(19)9-15/h4-9,11H,10H2,1-3H3,(H,21,22). The third kappa shape index (κ3) is 3.91. The molecular weight excluding hydrogens is 355 g/mol. The number of halogens is 1. The number of aryl methyl sites for hydroxylation is 3. The lowest BCUT2D eigenvalue weighted by Crippen LogP contribution is -2.17. The summed E-state index contributed by atoms with van der Waals surface area (Å²) in [6.07, 6.45) is 1.40. The Balaban J connectivity index is 1.82. The Morgan fingerprint density at radius 3 is 2.46 bits per heavy atom. The van der Waals surface area contributed by atoms with Gasteiger partial charge in [-0.05, 0) is 49.6 Å². The Labute approximate surface area is 151 Å². The normalized spacial score (nSPS) is 11.5. The van der Waals surface area contributed by atoms with Crippen LogP contribution in [-0.2, 0) is 16.6 Å². The van der Waals surface area contributed by atoms with Crippen LogP contribution < -0.4 is 4.72 Å². The summed E-state index contributed by atoms with van der Waals surface area (Å²) in [5, 5.41) is 4.12. The second kappa shape index (κ2) is 6.87. The predicted molar refractivity (Wildman–Crippen MR) is 97.0 cm³/mol.